The van der Waals surface area contributed by atoms with E-state index < -0.39 is 41.6 Å². The highest BCUT2D eigenvalue weighted by Gasteiger charge is 2.75. The van der Waals surface area contributed by atoms with E-state index in [4.69, 9.17) is 4.74 Å². The molecule has 8 heteroatoms. The number of carbonyl (C=O) groups excluding carboxylic acids is 2. The Morgan fingerprint density at radius 3 is 2.68 bits per heavy atom. The molecule has 0 aromatic rings. The van der Waals surface area contributed by atoms with Crippen molar-refractivity contribution in [2.24, 2.45) is 17.8 Å². The van der Waals surface area contributed by atoms with E-state index in [0.717, 1.165) is 12.8 Å². The zero-order valence-corrected chi connectivity index (χ0v) is 18.8. The van der Waals surface area contributed by atoms with Gasteiger partial charge in [-0.15, -0.1) is 6.58 Å². The SMILES string of the molecule is C=CCN(CCCC)C(=O)C1N([C@@H](CO)CC(C)C)C(=O)[C@@H]2[C@H](C(=O)O)[C@@H]3CCC12O3. The van der Waals surface area contributed by atoms with E-state index in [1.165, 1.54) is 4.90 Å². The normalized spacial score (nSPS) is 32.4. The molecule has 0 aromatic heterocycles. The maximum atomic E-state index is 13.9. The number of unbranched alkanes of at least 4 members (excludes halogenated alkanes) is 1. The van der Waals surface area contributed by atoms with Gasteiger partial charge in [-0.25, -0.2) is 0 Å². The minimum Gasteiger partial charge on any atom is -0.481 e. The third-order valence-electron chi connectivity index (χ3n) is 7.05. The topological polar surface area (TPSA) is 107 Å². The second-order valence-electron chi connectivity index (χ2n) is 9.53. The summed E-state index contributed by atoms with van der Waals surface area (Å²) in [6, 6.07) is -1.48. The number of aliphatic hydroxyl groups excluding tert-OH is 1. The predicted molar refractivity (Wildman–Crippen MR) is 114 cm³/mol. The van der Waals surface area contributed by atoms with Gasteiger partial charge >= 0.3 is 5.97 Å². The summed E-state index contributed by atoms with van der Waals surface area (Å²) in [6.07, 6.45) is 4.34. The van der Waals surface area contributed by atoms with Crippen LogP contribution in [0.25, 0.3) is 0 Å². The molecule has 0 saturated carbocycles. The van der Waals surface area contributed by atoms with E-state index in [2.05, 4.69) is 6.58 Å². The number of fused-ring (bicyclic) bond motifs is 1. The summed E-state index contributed by atoms with van der Waals surface area (Å²) in [5.74, 6) is -3.33. The lowest BCUT2D eigenvalue weighted by atomic mass is 9.70. The molecule has 3 aliphatic heterocycles. The number of likely N-dealkylation sites (tertiary alicyclic amines) is 1. The molecule has 3 fully saturated rings. The first-order valence-corrected chi connectivity index (χ1v) is 11.5. The van der Waals surface area contributed by atoms with Gasteiger partial charge in [-0.05, 0) is 31.6 Å². The molecule has 1 spiro atoms. The van der Waals surface area contributed by atoms with Crippen molar-refractivity contribution in [3.05, 3.63) is 12.7 Å². The Bertz CT molecular complexity index is 725. The second kappa shape index (κ2) is 9.28. The van der Waals surface area contributed by atoms with Crippen molar-refractivity contribution in [2.75, 3.05) is 19.7 Å². The largest absolute Gasteiger partial charge is 0.481 e. The molecule has 3 aliphatic rings. The van der Waals surface area contributed by atoms with Crippen molar-refractivity contribution in [1.29, 1.82) is 0 Å². The molecule has 0 aromatic carbocycles. The fraction of sp³-hybridized carbons (Fsp3) is 0.783. The van der Waals surface area contributed by atoms with Gasteiger partial charge in [-0.2, -0.15) is 0 Å². The summed E-state index contributed by atoms with van der Waals surface area (Å²) in [4.78, 5) is 42.8. The lowest BCUT2D eigenvalue weighted by molar-refractivity contribution is -0.153. The fourth-order valence-electron chi connectivity index (χ4n) is 5.83. The van der Waals surface area contributed by atoms with Crippen LogP contribution in [-0.4, -0.2) is 81.3 Å². The highest BCUT2D eigenvalue weighted by Crippen LogP contribution is 2.59. The molecule has 174 valence electrons. The van der Waals surface area contributed by atoms with E-state index in [0.29, 0.717) is 32.4 Å². The van der Waals surface area contributed by atoms with Crippen molar-refractivity contribution in [1.82, 2.24) is 9.80 Å². The third kappa shape index (κ3) is 3.89. The van der Waals surface area contributed by atoms with Crippen molar-refractivity contribution in [2.45, 2.75) is 76.7 Å². The molecule has 2 N–H and O–H groups in total. The molecular weight excluding hydrogens is 400 g/mol. The van der Waals surface area contributed by atoms with Crippen molar-refractivity contribution < 1.29 is 29.3 Å². The summed E-state index contributed by atoms with van der Waals surface area (Å²) < 4.78 is 6.23. The van der Waals surface area contributed by atoms with Crippen molar-refractivity contribution >= 4 is 17.8 Å². The van der Waals surface area contributed by atoms with E-state index in [1.807, 2.05) is 20.8 Å². The molecule has 0 radical (unpaired) electrons. The molecule has 3 rings (SSSR count). The number of carboxylic acids is 1. The van der Waals surface area contributed by atoms with E-state index in [1.54, 1.807) is 11.0 Å². The summed E-state index contributed by atoms with van der Waals surface area (Å²) in [7, 11) is 0. The molecule has 2 bridgehead atoms. The minimum absolute atomic E-state index is 0.190. The number of hydrogen-bond acceptors (Lipinski definition) is 5. The van der Waals surface area contributed by atoms with Crippen molar-refractivity contribution in [3.8, 4) is 0 Å². The van der Waals surface area contributed by atoms with Gasteiger partial charge in [-0.3, -0.25) is 14.4 Å². The average Bonchev–Trinajstić information content (AvgIpc) is 3.36. The van der Waals surface area contributed by atoms with Gasteiger partial charge in [0.05, 0.1) is 30.6 Å². The maximum absolute atomic E-state index is 13.9. The van der Waals surface area contributed by atoms with E-state index >= 15 is 0 Å². The fourth-order valence-corrected chi connectivity index (χ4v) is 5.83. The number of nitrogens with zero attached hydrogens (tertiary/aromatic N) is 2. The van der Waals surface area contributed by atoms with Crippen LogP contribution in [0.15, 0.2) is 12.7 Å². The summed E-state index contributed by atoms with van der Waals surface area (Å²) in [6.45, 7) is 10.4. The van der Waals surface area contributed by atoms with Crippen LogP contribution in [-0.2, 0) is 19.1 Å². The molecule has 2 amide bonds. The summed E-state index contributed by atoms with van der Waals surface area (Å²) in [5, 5.41) is 20.0. The molecule has 31 heavy (non-hydrogen) atoms. The lowest BCUT2D eigenvalue weighted by Gasteiger charge is -2.39. The molecule has 3 saturated heterocycles. The molecular formula is C23H36N2O6. The van der Waals surface area contributed by atoms with Crippen LogP contribution in [0, 0.1) is 17.8 Å². The molecule has 3 heterocycles. The van der Waals surface area contributed by atoms with Gasteiger partial charge in [0.25, 0.3) is 0 Å². The molecule has 8 nitrogen and oxygen atoms in total. The van der Waals surface area contributed by atoms with E-state index in [9.17, 15) is 24.6 Å². The van der Waals surface area contributed by atoms with Gasteiger partial charge in [0.2, 0.25) is 11.8 Å². The van der Waals surface area contributed by atoms with Crippen molar-refractivity contribution in [3.63, 3.8) is 0 Å². The molecule has 6 atom stereocenters. The maximum Gasteiger partial charge on any atom is 0.310 e. The number of carboxylic acid groups (broad SMARTS) is 1. The number of aliphatic carboxylic acids is 1. The summed E-state index contributed by atoms with van der Waals surface area (Å²) >= 11 is 0. The Labute approximate surface area is 184 Å². The van der Waals surface area contributed by atoms with Gasteiger partial charge in [0.1, 0.15) is 11.6 Å². The van der Waals surface area contributed by atoms with Gasteiger partial charge in [0.15, 0.2) is 0 Å². The van der Waals surface area contributed by atoms with Gasteiger partial charge < -0.3 is 24.7 Å². The molecule has 0 aliphatic carbocycles. The van der Waals surface area contributed by atoms with E-state index in [-0.39, 0.29) is 24.3 Å². The average molecular weight is 437 g/mol. The number of amides is 2. The zero-order valence-electron chi connectivity index (χ0n) is 18.8. The lowest BCUT2D eigenvalue weighted by Crippen LogP contribution is -2.59. The number of ether oxygens (including phenoxy) is 1. The van der Waals surface area contributed by atoms with Crippen LogP contribution in [0.3, 0.4) is 0 Å². The van der Waals surface area contributed by atoms with Crippen LogP contribution in [0.2, 0.25) is 0 Å². The Morgan fingerprint density at radius 2 is 2.13 bits per heavy atom. The second-order valence-corrected chi connectivity index (χ2v) is 9.53. The van der Waals surface area contributed by atoms with Gasteiger partial charge in [-0.1, -0.05) is 33.3 Å². The number of hydrogen-bond donors (Lipinski definition) is 2. The predicted octanol–water partition coefficient (Wildman–Crippen LogP) is 1.67. The smallest absolute Gasteiger partial charge is 0.310 e. The number of carbonyl (C=O) groups is 3. The monoisotopic (exact) mass is 436 g/mol. The van der Waals surface area contributed by atoms with Gasteiger partial charge in [0, 0.05) is 13.1 Å². The minimum atomic E-state index is -1.14. The Morgan fingerprint density at radius 1 is 1.42 bits per heavy atom. The highest BCUT2D eigenvalue weighted by molar-refractivity contribution is 5.98. The third-order valence-corrected chi connectivity index (χ3v) is 7.05. The van der Waals surface area contributed by atoms with Crippen LogP contribution >= 0.6 is 0 Å². The van der Waals surface area contributed by atoms with Crippen LogP contribution in [0.4, 0.5) is 0 Å². The Balaban J connectivity index is 2.06. The quantitative estimate of drug-likeness (QED) is 0.477. The van der Waals surface area contributed by atoms with Crippen LogP contribution in [0.5, 0.6) is 0 Å². The van der Waals surface area contributed by atoms with Crippen LogP contribution < -0.4 is 0 Å². The van der Waals surface area contributed by atoms with Crippen LogP contribution in [0.1, 0.15) is 52.9 Å². The molecule has 2 unspecified atom stereocenters. The first-order valence-electron chi connectivity index (χ1n) is 11.5. The summed E-state index contributed by atoms with van der Waals surface area (Å²) in [5.41, 5.74) is -1.14. The number of rotatable bonds is 11. The Kier molecular flexibility index (Phi) is 7.11. The number of aliphatic hydroxyl groups is 1. The highest BCUT2D eigenvalue weighted by atomic mass is 16.5. The Hall–Kier alpha value is -1.93. The zero-order chi connectivity index (χ0) is 22.9. The first kappa shape index (κ1) is 23.7. The first-order chi connectivity index (χ1) is 14.7. The standard InChI is InChI=1S/C23H36N2O6/c1-5-7-11-24(10-6-2)21(28)19-23-9-8-16(31-23)17(22(29)30)18(23)20(27)25(19)15(13-26)12-14(3)4/h6,14-19,26H,2,5,7-13H2,1,3-4H3,(H,29,30)/t15-,16+,17-,18+,19?,23?/m1/s1.